The summed E-state index contributed by atoms with van der Waals surface area (Å²) in [7, 11) is 0. The fraction of sp³-hybridized carbons (Fsp3) is 0.333. The first-order valence-corrected chi connectivity index (χ1v) is 9.64. The Bertz CT molecular complexity index is 756. The van der Waals surface area contributed by atoms with E-state index in [1.54, 1.807) is 0 Å². The largest absolute Gasteiger partial charge is 0.351 e. The second-order valence-corrected chi connectivity index (χ2v) is 7.19. The molecule has 8 heteroatoms. The maximum absolute atomic E-state index is 13.7. The smallest absolute Gasteiger partial charge is 0.255 e. The zero-order valence-corrected chi connectivity index (χ0v) is 15.7. The van der Waals surface area contributed by atoms with Gasteiger partial charge in [-0.25, -0.2) is 4.39 Å². The molecule has 138 valence electrons. The summed E-state index contributed by atoms with van der Waals surface area (Å²) in [6, 6.07) is 6.00. The van der Waals surface area contributed by atoms with Gasteiger partial charge in [0, 0.05) is 44.6 Å². The van der Waals surface area contributed by atoms with Gasteiger partial charge in [0.25, 0.3) is 11.8 Å². The molecule has 1 saturated heterocycles. The van der Waals surface area contributed by atoms with Gasteiger partial charge in [0.15, 0.2) is 0 Å². The molecule has 0 atom stereocenters. The molecule has 0 saturated carbocycles. The van der Waals surface area contributed by atoms with E-state index < -0.39 is 11.7 Å². The van der Waals surface area contributed by atoms with E-state index in [-0.39, 0.29) is 16.5 Å². The molecule has 2 amide bonds. The van der Waals surface area contributed by atoms with Crippen molar-refractivity contribution >= 4 is 34.8 Å². The molecule has 2 aromatic rings. The molecular formula is C18H19ClFN3O2S. The number of carbonyl (C=O) groups excluding carboxylic acids is 2. The number of halogens is 2. The lowest BCUT2D eigenvalue weighted by Gasteiger charge is -2.34. The molecule has 0 unspecified atom stereocenters. The number of benzene rings is 1. The van der Waals surface area contributed by atoms with Gasteiger partial charge < -0.3 is 10.2 Å². The molecule has 1 N–H and O–H groups in total. The van der Waals surface area contributed by atoms with Crippen LogP contribution in [0.4, 0.5) is 4.39 Å². The fourth-order valence-corrected chi connectivity index (χ4v) is 3.75. The lowest BCUT2D eigenvalue weighted by atomic mass is 10.2. The van der Waals surface area contributed by atoms with Crippen LogP contribution in [-0.2, 0) is 0 Å². The molecule has 2 heterocycles. The molecular weight excluding hydrogens is 377 g/mol. The quantitative estimate of drug-likeness (QED) is 0.846. The van der Waals surface area contributed by atoms with Gasteiger partial charge in [0.05, 0.1) is 16.1 Å². The number of piperazine rings is 1. The monoisotopic (exact) mass is 395 g/mol. The second-order valence-electron chi connectivity index (χ2n) is 6.00. The van der Waals surface area contributed by atoms with Crippen LogP contribution in [-0.4, -0.2) is 60.9 Å². The summed E-state index contributed by atoms with van der Waals surface area (Å²) in [6.07, 6.45) is 0. The summed E-state index contributed by atoms with van der Waals surface area (Å²) in [5.74, 6) is -1.08. The van der Waals surface area contributed by atoms with Crippen molar-refractivity contribution < 1.29 is 14.0 Å². The predicted octanol–water partition coefficient (Wildman–Crippen LogP) is 2.73. The molecule has 1 aromatic carbocycles. The third kappa shape index (κ3) is 4.41. The predicted molar refractivity (Wildman–Crippen MR) is 100 cm³/mol. The number of hydrogen-bond acceptors (Lipinski definition) is 4. The average Bonchev–Trinajstić information content (AvgIpc) is 3.16. The van der Waals surface area contributed by atoms with E-state index in [2.05, 4.69) is 10.2 Å². The number of thiophene rings is 1. The highest BCUT2D eigenvalue weighted by Crippen LogP contribution is 2.18. The SMILES string of the molecule is O=C(NCCN1CCN(C(=O)c2ccsc2)CC1)c1c(F)cccc1Cl. The van der Waals surface area contributed by atoms with E-state index in [0.29, 0.717) is 26.2 Å². The van der Waals surface area contributed by atoms with Crippen molar-refractivity contribution in [1.82, 2.24) is 15.1 Å². The number of nitrogens with zero attached hydrogens (tertiary/aromatic N) is 2. The van der Waals surface area contributed by atoms with Gasteiger partial charge in [-0.2, -0.15) is 11.3 Å². The summed E-state index contributed by atoms with van der Waals surface area (Å²) in [5.41, 5.74) is 0.609. The fourth-order valence-electron chi connectivity index (χ4n) is 2.87. The van der Waals surface area contributed by atoms with E-state index in [4.69, 9.17) is 11.6 Å². The van der Waals surface area contributed by atoms with Gasteiger partial charge in [-0.3, -0.25) is 14.5 Å². The van der Waals surface area contributed by atoms with Crippen LogP contribution < -0.4 is 5.32 Å². The zero-order valence-electron chi connectivity index (χ0n) is 14.1. The molecule has 0 spiro atoms. The highest BCUT2D eigenvalue weighted by atomic mass is 35.5. The summed E-state index contributed by atoms with van der Waals surface area (Å²) in [4.78, 5) is 28.4. The molecule has 3 rings (SSSR count). The van der Waals surface area contributed by atoms with Crippen molar-refractivity contribution in [3.8, 4) is 0 Å². The van der Waals surface area contributed by atoms with E-state index in [0.717, 1.165) is 18.7 Å². The summed E-state index contributed by atoms with van der Waals surface area (Å²) < 4.78 is 13.7. The van der Waals surface area contributed by atoms with Crippen LogP contribution in [0.25, 0.3) is 0 Å². The first-order chi connectivity index (χ1) is 12.6. The van der Waals surface area contributed by atoms with Gasteiger partial charge in [0.1, 0.15) is 5.82 Å². The zero-order chi connectivity index (χ0) is 18.5. The van der Waals surface area contributed by atoms with E-state index >= 15 is 0 Å². The normalized spacial score (nSPS) is 15.1. The first-order valence-electron chi connectivity index (χ1n) is 8.32. The van der Waals surface area contributed by atoms with Crippen molar-refractivity contribution in [2.75, 3.05) is 39.3 Å². The van der Waals surface area contributed by atoms with Gasteiger partial charge >= 0.3 is 0 Å². The van der Waals surface area contributed by atoms with Gasteiger partial charge in [-0.1, -0.05) is 17.7 Å². The van der Waals surface area contributed by atoms with E-state index in [1.807, 2.05) is 21.7 Å². The minimum absolute atomic E-state index is 0.0633. The number of amides is 2. The van der Waals surface area contributed by atoms with Crippen molar-refractivity contribution in [3.63, 3.8) is 0 Å². The topological polar surface area (TPSA) is 52.7 Å². The Balaban J connectivity index is 1.43. The Morgan fingerprint density at radius 3 is 2.62 bits per heavy atom. The lowest BCUT2D eigenvalue weighted by molar-refractivity contribution is 0.0638. The lowest BCUT2D eigenvalue weighted by Crippen LogP contribution is -2.50. The molecule has 0 radical (unpaired) electrons. The van der Waals surface area contributed by atoms with Crippen LogP contribution in [0.1, 0.15) is 20.7 Å². The molecule has 1 aliphatic heterocycles. The molecule has 1 aliphatic rings. The number of nitrogens with one attached hydrogen (secondary N) is 1. The Labute approximate surface area is 160 Å². The van der Waals surface area contributed by atoms with Gasteiger partial charge in [-0.05, 0) is 23.6 Å². The Morgan fingerprint density at radius 1 is 1.19 bits per heavy atom. The first kappa shape index (κ1) is 18.8. The maximum atomic E-state index is 13.7. The van der Waals surface area contributed by atoms with Crippen molar-refractivity contribution in [2.24, 2.45) is 0 Å². The summed E-state index contributed by atoms with van der Waals surface area (Å²) >= 11 is 7.40. The Kier molecular flexibility index (Phi) is 6.24. The second kappa shape index (κ2) is 8.62. The van der Waals surface area contributed by atoms with Crippen LogP contribution in [0.3, 0.4) is 0 Å². The molecule has 1 fully saturated rings. The molecule has 1 aromatic heterocycles. The number of carbonyl (C=O) groups is 2. The minimum atomic E-state index is -0.629. The highest BCUT2D eigenvalue weighted by Gasteiger charge is 2.22. The standard InChI is InChI=1S/C18H19ClFN3O2S/c19-14-2-1-3-15(20)16(14)17(24)21-5-6-22-7-9-23(10-8-22)18(25)13-4-11-26-12-13/h1-4,11-12H,5-10H2,(H,21,24). The van der Waals surface area contributed by atoms with Crippen LogP contribution in [0.15, 0.2) is 35.0 Å². The van der Waals surface area contributed by atoms with Crippen molar-refractivity contribution in [1.29, 1.82) is 0 Å². The third-order valence-corrected chi connectivity index (χ3v) is 5.33. The summed E-state index contributed by atoms with van der Waals surface area (Å²) in [6.45, 7) is 3.82. The van der Waals surface area contributed by atoms with Crippen molar-refractivity contribution in [3.05, 3.63) is 57.0 Å². The average molecular weight is 396 g/mol. The highest BCUT2D eigenvalue weighted by molar-refractivity contribution is 7.08. The van der Waals surface area contributed by atoms with E-state index in [1.165, 1.54) is 29.5 Å². The summed E-state index contributed by atoms with van der Waals surface area (Å²) in [5, 5.41) is 6.56. The molecule has 0 aliphatic carbocycles. The van der Waals surface area contributed by atoms with Crippen LogP contribution in [0.5, 0.6) is 0 Å². The Hall–Kier alpha value is -1.96. The molecule has 26 heavy (non-hydrogen) atoms. The minimum Gasteiger partial charge on any atom is -0.351 e. The Morgan fingerprint density at radius 2 is 1.96 bits per heavy atom. The third-order valence-electron chi connectivity index (χ3n) is 4.33. The van der Waals surface area contributed by atoms with E-state index in [9.17, 15) is 14.0 Å². The molecule has 0 bridgehead atoms. The molecule has 5 nitrogen and oxygen atoms in total. The number of rotatable bonds is 5. The van der Waals surface area contributed by atoms with Gasteiger partial charge in [0.2, 0.25) is 0 Å². The number of hydrogen-bond donors (Lipinski definition) is 1. The van der Waals surface area contributed by atoms with Crippen molar-refractivity contribution in [2.45, 2.75) is 0 Å². The van der Waals surface area contributed by atoms with Crippen LogP contribution >= 0.6 is 22.9 Å². The van der Waals surface area contributed by atoms with Crippen LogP contribution in [0.2, 0.25) is 5.02 Å². The van der Waals surface area contributed by atoms with Crippen LogP contribution in [0, 0.1) is 5.82 Å². The van der Waals surface area contributed by atoms with Gasteiger partial charge in [-0.15, -0.1) is 0 Å². The maximum Gasteiger partial charge on any atom is 0.255 e.